The van der Waals surface area contributed by atoms with Crippen molar-refractivity contribution in [3.8, 4) is 5.69 Å². The van der Waals surface area contributed by atoms with Gasteiger partial charge in [-0.25, -0.2) is 9.98 Å². The van der Waals surface area contributed by atoms with Crippen molar-refractivity contribution < 1.29 is 4.42 Å². The number of amidine groups is 1. The number of thioether (sulfide) groups is 1. The van der Waals surface area contributed by atoms with Gasteiger partial charge >= 0.3 is 0 Å². The Morgan fingerprint density at radius 1 is 0.623 bits per heavy atom. The van der Waals surface area contributed by atoms with Gasteiger partial charge in [0.15, 0.2) is 11.4 Å². The fourth-order valence-electron chi connectivity index (χ4n) is 10.1. The number of aromatic nitrogens is 1. The minimum absolute atomic E-state index is 0.270. The van der Waals surface area contributed by atoms with E-state index in [1.165, 1.54) is 48.3 Å². The molecule has 288 valence electrons. The van der Waals surface area contributed by atoms with Gasteiger partial charge in [0.2, 0.25) is 0 Å². The first kappa shape index (κ1) is 34.6. The van der Waals surface area contributed by atoms with Crippen LogP contribution in [0.2, 0.25) is 0 Å². The number of aliphatic imine (C=N–C) groups is 2. The molecule has 2 atom stereocenters. The lowest BCUT2D eigenvalue weighted by Gasteiger charge is -2.25. The molecule has 13 rings (SSSR count). The predicted octanol–water partition coefficient (Wildman–Crippen LogP) is 14.8. The van der Waals surface area contributed by atoms with E-state index in [0.29, 0.717) is 5.25 Å². The molecule has 4 nitrogen and oxygen atoms in total. The molecule has 2 unspecified atom stereocenters. The van der Waals surface area contributed by atoms with Gasteiger partial charge in [-0.1, -0.05) is 146 Å². The fraction of sp³-hybridized carbons (Fsp3) is 0.0714. The molecule has 0 fully saturated rings. The Morgan fingerprint density at radius 3 is 2.30 bits per heavy atom. The maximum absolute atomic E-state index is 7.00. The van der Waals surface area contributed by atoms with Gasteiger partial charge in [0.1, 0.15) is 5.58 Å². The number of hydrogen-bond donors (Lipinski definition) is 0. The number of hydrogen-bond acceptors (Lipinski definition) is 4. The maximum Gasteiger partial charge on any atom is 0.160 e. The van der Waals surface area contributed by atoms with E-state index >= 15 is 0 Å². The van der Waals surface area contributed by atoms with Crippen LogP contribution in [0.4, 0.5) is 0 Å². The number of fused-ring (bicyclic) bond motifs is 12. The van der Waals surface area contributed by atoms with Crippen LogP contribution in [0.3, 0.4) is 0 Å². The first-order valence-corrected chi connectivity index (χ1v) is 22.0. The molecule has 0 spiro atoms. The summed E-state index contributed by atoms with van der Waals surface area (Å²) in [6.45, 7) is 0. The number of furan rings is 1. The van der Waals surface area contributed by atoms with E-state index in [4.69, 9.17) is 14.4 Å². The molecule has 2 aliphatic heterocycles. The molecule has 10 aromatic rings. The number of nitrogens with zero attached hydrogens (tertiary/aromatic N) is 3. The summed E-state index contributed by atoms with van der Waals surface area (Å²) in [6, 6.07) is 58.8. The van der Waals surface area contributed by atoms with Crippen LogP contribution in [0.5, 0.6) is 0 Å². The van der Waals surface area contributed by atoms with E-state index in [0.717, 1.165) is 79.9 Å². The van der Waals surface area contributed by atoms with Crippen molar-refractivity contribution in [1.82, 2.24) is 4.57 Å². The molecule has 2 aromatic heterocycles. The number of benzene rings is 8. The SMILES string of the molecule is C1=CC2Sc3ccccc3C2C(C2=NC(c3ccccc3)=N/C(c3ccc(-n4c5cc6ccccc6cc5c5c6ccccc6ccc54)c4oc5ccccc5c34)=C\CC2)=C1. The van der Waals surface area contributed by atoms with Gasteiger partial charge in [-0.3, -0.25) is 0 Å². The molecule has 0 amide bonds. The van der Waals surface area contributed by atoms with Gasteiger partial charge in [0.05, 0.1) is 22.4 Å². The van der Waals surface area contributed by atoms with E-state index in [9.17, 15) is 0 Å². The van der Waals surface area contributed by atoms with E-state index < -0.39 is 0 Å². The van der Waals surface area contributed by atoms with Crippen molar-refractivity contribution in [1.29, 1.82) is 0 Å². The van der Waals surface area contributed by atoms with Crippen LogP contribution in [0.25, 0.3) is 76.7 Å². The van der Waals surface area contributed by atoms with E-state index in [-0.39, 0.29) is 5.92 Å². The van der Waals surface area contributed by atoms with Crippen molar-refractivity contribution >= 4 is 94.3 Å². The van der Waals surface area contributed by atoms with Crippen LogP contribution >= 0.6 is 11.8 Å². The normalized spacial score (nSPS) is 18.5. The zero-order valence-corrected chi connectivity index (χ0v) is 33.9. The predicted molar refractivity (Wildman–Crippen MR) is 257 cm³/mol. The average molecular weight is 800 g/mol. The standard InChI is InChI=1S/C56H37N3OS/c1-2-15-35(16-3-1)56-57-44(39-22-12-27-51-53(39)42-21-9-11-26-50(42)61-51)23-13-24-45(58-56)40-29-31-47(55-54(40)41-20-8-10-25-49(41)60-55)59-46-30-28-34-14-6-7-19-38(34)52(46)43-32-36-17-4-5-18-37(36)33-48(43)59/h1-12,14-22,24-33,51,53H,13,23H2/b45-24-,57-44?,58-56?. The molecule has 0 saturated heterocycles. The summed E-state index contributed by atoms with van der Waals surface area (Å²) in [4.78, 5) is 12.4. The smallest absolute Gasteiger partial charge is 0.160 e. The molecular formula is C56H37N3OS. The zero-order valence-electron chi connectivity index (χ0n) is 33.1. The Morgan fingerprint density at radius 2 is 1.39 bits per heavy atom. The van der Waals surface area contributed by atoms with Crippen LogP contribution in [0.15, 0.2) is 213 Å². The van der Waals surface area contributed by atoms with Crippen molar-refractivity contribution in [3.63, 3.8) is 0 Å². The molecule has 4 heterocycles. The van der Waals surface area contributed by atoms with Gasteiger partial charge in [-0.2, -0.15) is 0 Å². The minimum Gasteiger partial charge on any atom is -0.454 e. The molecule has 61 heavy (non-hydrogen) atoms. The number of rotatable bonds is 4. The Hall–Kier alpha value is -7.21. The molecular weight excluding hydrogens is 763 g/mol. The molecule has 3 aliphatic rings. The highest BCUT2D eigenvalue weighted by Crippen LogP contribution is 2.51. The summed E-state index contributed by atoms with van der Waals surface area (Å²) >= 11 is 1.96. The van der Waals surface area contributed by atoms with E-state index in [2.05, 4.69) is 193 Å². The first-order chi connectivity index (χ1) is 30.2. The summed E-state index contributed by atoms with van der Waals surface area (Å²) in [6.07, 6.45) is 10.8. The lowest BCUT2D eigenvalue weighted by molar-refractivity contribution is 0.666. The Kier molecular flexibility index (Phi) is 7.76. The molecule has 0 saturated carbocycles. The average Bonchev–Trinajstić information content (AvgIpc) is 3.99. The highest BCUT2D eigenvalue weighted by atomic mass is 32.2. The molecule has 1 aliphatic carbocycles. The van der Waals surface area contributed by atoms with E-state index in [1.54, 1.807) is 0 Å². The topological polar surface area (TPSA) is 42.8 Å². The summed E-state index contributed by atoms with van der Waals surface area (Å²) in [7, 11) is 0. The fourth-order valence-corrected chi connectivity index (χ4v) is 11.5. The van der Waals surface area contributed by atoms with Gasteiger partial charge in [0, 0.05) is 54.4 Å². The molecule has 0 bridgehead atoms. The summed E-state index contributed by atoms with van der Waals surface area (Å²) in [5, 5.41) is 9.85. The quantitative estimate of drug-likeness (QED) is 0.178. The third kappa shape index (κ3) is 5.40. The maximum atomic E-state index is 7.00. The number of para-hydroxylation sites is 1. The second-order valence-corrected chi connectivity index (χ2v) is 17.5. The van der Waals surface area contributed by atoms with Gasteiger partial charge in [-0.05, 0) is 88.0 Å². The van der Waals surface area contributed by atoms with Crippen LogP contribution < -0.4 is 0 Å². The largest absolute Gasteiger partial charge is 0.454 e. The molecule has 5 heteroatoms. The Balaban J connectivity index is 1.03. The van der Waals surface area contributed by atoms with Gasteiger partial charge < -0.3 is 8.98 Å². The van der Waals surface area contributed by atoms with Crippen molar-refractivity contribution in [2.45, 2.75) is 28.9 Å². The van der Waals surface area contributed by atoms with Crippen LogP contribution in [0, 0.1) is 0 Å². The Labute approximate surface area is 356 Å². The van der Waals surface area contributed by atoms with Crippen LogP contribution in [-0.2, 0) is 0 Å². The first-order valence-electron chi connectivity index (χ1n) is 21.1. The van der Waals surface area contributed by atoms with Gasteiger partial charge in [-0.15, -0.1) is 11.8 Å². The summed E-state index contributed by atoms with van der Waals surface area (Å²) in [5.41, 5.74) is 11.7. The van der Waals surface area contributed by atoms with Gasteiger partial charge in [0.25, 0.3) is 0 Å². The van der Waals surface area contributed by atoms with E-state index in [1.807, 2.05) is 11.8 Å². The highest BCUT2D eigenvalue weighted by Gasteiger charge is 2.37. The Bertz CT molecular complexity index is 3640. The van der Waals surface area contributed by atoms with Crippen molar-refractivity contribution in [2.75, 3.05) is 0 Å². The third-order valence-corrected chi connectivity index (χ3v) is 14.2. The van der Waals surface area contributed by atoms with Crippen molar-refractivity contribution in [3.05, 3.63) is 210 Å². The van der Waals surface area contributed by atoms with Crippen molar-refractivity contribution in [2.24, 2.45) is 9.98 Å². The minimum atomic E-state index is 0.270. The third-order valence-electron chi connectivity index (χ3n) is 12.9. The second kappa shape index (κ2) is 13.7. The summed E-state index contributed by atoms with van der Waals surface area (Å²) in [5.74, 6) is 0.991. The van der Waals surface area contributed by atoms with Crippen LogP contribution in [0.1, 0.15) is 35.4 Å². The molecule has 0 radical (unpaired) electrons. The lowest BCUT2D eigenvalue weighted by atomic mass is 9.81. The monoisotopic (exact) mass is 799 g/mol. The van der Waals surface area contributed by atoms with Crippen LogP contribution in [-0.4, -0.2) is 21.4 Å². The highest BCUT2D eigenvalue weighted by molar-refractivity contribution is 8.00. The molecule has 8 aromatic carbocycles. The zero-order chi connectivity index (χ0) is 40.0. The number of allylic oxidation sites excluding steroid dienone is 4. The summed E-state index contributed by atoms with van der Waals surface area (Å²) < 4.78 is 9.42. The lowest BCUT2D eigenvalue weighted by Crippen LogP contribution is -2.21. The molecule has 0 N–H and O–H groups in total. The second-order valence-electron chi connectivity index (χ2n) is 16.3.